The Morgan fingerprint density at radius 1 is 1.20 bits per heavy atom. The van der Waals surface area contributed by atoms with Crippen molar-refractivity contribution in [2.45, 2.75) is 44.7 Å². The summed E-state index contributed by atoms with van der Waals surface area (Å²) < 4.78 is 31.4. The van der Waals surface area contributed by atoms with Crippen molar-refractivity contribution in [3.63, 3.8) is 0 Å². The predicted octanol–water partition coefficient (Wildman–Crippen LogP) is 2.39. The van der Waals surface area contributed by atoms with Gasteiger partial charge >= 0.3 is 0 Å². The summed E-state index contributed by atoms with van der Waals surface area (Å²) in [6, 6.07) is 8.38. The van der Waals surface area contributed by atoms with Gasteiger partial charge < -0.3 is 20.2 Å². The normalized spacial score (nSPS) is 14.0. The number of nitrogens with one attached hydrogen (secondary N) is 3. The zero-order chi connectivity index (χ0) is 21.7. The third-order valence-corrected chi connectivity index (χ3v) is 5.92. The number of halogens is 1. The van der Waals surface area contributed by atoms with Gasteiger partial charge in [-0.15, -0.1) is 24.0 Å². The molecule has 30 heavy (non-hydrogen) atoms. The van der Waals surface area contributed by atoms with E-state index in [0.717, 1.165) is 16.9 Å². The van der Waals surface area contributed by atoms with Crippen molar-refractivity contribution in [1.82, 2.24) is 15.4 Å². The van der Waals surface area contributed by atoms with Crippen LogP contribution in [0.5, 0.6) is 0 Å². The summed E-state index contributed by atoms with van der Waals surface area (Å²) in [6.07, 6.45) is 0. The van der Waals surface area contributed by atoms with Gasteiger partial charge in [0, 0.05) is 12.1 Å². The molecule has 0 aliphatic carbocycles. The van der Waals surface area contributed by atoms with Crippen LogP contribution in [0.2, 0.25) is 0 Å². The van der Waals surface area contributed by atoms with Gasteiger partial charge in [-0.25, -0.2) is 18.1 Å². The smallest absolute Gasteiger partial charge is 0.240 e. The van der Waals surface area contributed by atoms with E-state index in [1.807, 2.05) is 26.8 Å². The van der Waals surface area contributed by atoms with Crippen LogP contribution in [0.4, 0.5) is 0 Å². The molecule has 0 saturated heterocycles. The van der Waals surface area contributed by atoms with Gasteiger partial charge in [0.05, 0.1) is 18.0 Å². The predicted molar refractivity (Wildman–Crippen MR) is 129 cm³/mol. The van der Waals surface area contributed by atoms with Crippen molar-refractivity contribution < 1.29 is 17.9 Å². The van der Waals surface area contributed by atoms with Crippen LogP contribution in [0.25, 0.3) is 0 Å². The molecule has 0 bridgehead atoms. The van der Waals surface area contributed by atoms with Gasteiger partial charge in [-0.2, -0.15) is 0 Å². The molecule has 168 valence electrons. The standard InChI is InChI=1S/C20H30N4O4S.HI/c1-6-22-19(24-13-20(4,25)18-11-14(2)28-15(18)3)23-12-16-7-9-17(10-8-16)29(26,27)21-5;/h7-11,21,25H,6,12-13H2,1-5H3,(H2,22,23,24);1H. The lowest BCUT2D eigenvalue weighted by atomic mass is 9.96. The summed E-state index contributed by atoms with van der Waals surface area (Å²) in [4.78, 5) is 4.72. The van der Waals surface area contributed by atoms with Crippen LogP contribution >= 0.6 is 24.0 Å². The fraction of sp³-hybridized carbons (Fsp3) is 0.450. The number of benzene rings is 1. The molecule has 1 unspecified atom stereocenters. The van der Waals surface area contributed by atoms with Crippen molar-refractivity contribution in [2.75, 3.05) is 20.1 Å². The highest BCUT2D eigenvalue weighted by molar-refractivity contribution is 14.0. The Morgan fingerprint density at radius 3 is 2.33 bits per heavy atom. The van der Waals surface area contributed by atoms with Crippen LogP contribution in [0.1, 0.15) is 36.5 Å². The first-order valence-corrected chi connectivity index (χ1v) is 10.9. The summed E-state index contributed by atoms with van der Waals surface area (Å²) in [6.45, 7) is 8.63. The number of furan rings is 1. The lowest BCUT2D eigenvalue weighted by Crippen LogP contribution is -2.44. The van der Waals surface area contributed by atoms with Gasteiger partial charge in [-0.3, -0.25) is 0 Å². The molecule has 8 nitrogen and oxygen atoms in total. The molecule has 1 aromatic heterocycles. The Kier molecular flexibility index (Phi) is 9.79. The van der Waals surface area contributed by atoms with E-state index < -0.39 is 15.6 Å². The minimum Gasteiger partial charge on any atom is -0.466 e. The molecule has 2 aromatic rings. The van der Waals surface area contributed by atoms with Gasteiger partial charge in [0.25, 0.3) is 0 Å². The molecule has 0 radical (unpaired) electrons. The molecule has 0 spiro atoms. The second-order valence-electron chi connectivity index (χ2n) is 7.00. The summed E-state index contributed by atoms with van der Waals surface area (Å²) >= 11 is 0. The zero-order valence-electron chi connectivity index (χ0n) is 17.9. The Balaban J connectivity index is 0.00000450. The fourth-order valence-electron chi connectivity index (χ4n) is 2.92. The highest BCUT2D eigenvalue weighted by Crippen LogP contribution is 2.26. The first-order valence-electron chi connectivity index (χ1n) is 9.43. The second kappa shape index (κ2) is 11.1. The van der Waals surface area contributed by atoms with Crippen LogP contribution in [-0.2, 0) is 22.2 Å². The molecule has 0 aliphatic rings. The molecule has 1 aromatic carbocycles. The summed E-state index contributed by atoms with van der Waals surface area (Å²) in [5.41, 5.74) is 0.478. The van der Waals surface area contributed by atoms with E-state index in [4.69, 9.17) is 4.42 Å². The number of sulfonamides is 1. The maximum Gasteiger partial charge on any atom is 0.240 e. The zero-order valence-corrected chi connectivity index (χ0v) is 21.1. The molecule has 0 amide bonds. The lowest BCUT2D eigenvalue weighted by molar-refractivity contribution is 0.0601. The van der Waals surface area contributed by atoms with Crippen LogP contribution in [0, 0.1) is 13.8 Å². The van der Waals surface area contributed by atoms with Gasteiger partial charge in [-0.1, -0.05) is 12.1 Å². The van der Waals surface area contributed by atoms with E-state index in [2.05, 4.69) is 20.3 Å². The Hall–Kier alpha value is -1.63. The van der Waals surface area contributed by atoms with Crippen molar-refractivity contribution >= 4 is 40.0 Å². The van der Waals surface area contributed by atoms with E-state index in [1.54, 1.807) is 31.2 Å². The maximum atomic E-state index is 11.8. The van der Waals surface area contributed by atoms with E-state index in [-0.39, 0.29) is 35.4 Å². The number of guanidine groups is 1. The van der Waals surface area contributed by atoms with Crippen LogP contribution in [0.3, 0.4) is 0 Å². The molecule has 4 N–H and O–H groups in total. The number of rotatable bonds is 8. The number of nitrogens with zero attached hydrogens (tertiary/aromatic N) is 1. The molecular weight excluding hydrogens is 519 g/mol. The fourth-order valence-corrected chi connectivity index (χ4v) is 3.65. The van der Waals surface area contributed by atoms with Gasteiger partial charge in [0.1, 0.15) is 17.1 Å². The summed E-state index contributed by atoms with van der Waals surface area (Å²) in [7, 11) is -2.08. The minimum absolute atomic E-state index is 0. The molecule has 0 aliphatic heterocycles. The Bertz CT molecular complexity index is 954. The number of aliphatic imine (C=N–C) groups is 1. The topological polar surface area (TPSA) is 116 Å². The SMILES string of the molecule is CCNC(=NCc1ccc(S(=O)(=O)NC)cc1)NCC(C)(O)c1cc(C)oc1C.I. The number of hydrogen-bond acceptors (Lipinski definition) is 5. The number of hydrogen-bond donors (Lipinski definition) is 4. The summed E-state index contributed by atoms with van der Waals surface area (Å²) in [5.74, 6) is 1.99. The van der Waals surface area contributed by atoms with Crippen molar-refractivity contribution in [3.05, 3.63) is 53.0 Å². The Morgan fingerprint density at radius 2 is 1.83 bits per heavy atom. The molecule has 10 heteroatoms. The van der Waals surface area contributed by atoms with Crippen LogP contribution in [0.15, 0.2) is 44.6 Å². The third kappa shape index (κ3) is 6.96. The number of aliphatic hydroxyl groups is 1. The van der Waals surface area contributed by atoms with Crippen molar-refractivity contribution in [2.24, 2.45) is 4.99 Å². The highest BCUT2D eigenvalue weighted by Gasteiger charge is 2.27. The average Bonchev–Trinajstić information content (AvgIpc) is 3.03. The number of aryl methyl sites for hydroxylation is 2. The average molecular weight is 550 g/mol. The first-order chi connectivity index (χ1) is 13.6. The maximum absolute atomic E-state index is 11.8. The quantitative estimate of drug-likeness (QED) is 0.228. The third-order valence-electron chi connectivity index (χ3n) is 4.49. The van der Waals surface area contributed by atoms with E-state index in [9.17, 15) is 13.5 Å². The highest BCUT2D eigenvalue weighted by atomic mass is 127. The molecule has 0 saturated carbocycles. The monoisotopic (exact) mass is 550 g/mol. The Labute approximate surface area is 195 Å². The largest absolute Gasteiger partial charge is 0.466 e. The van der Waals surface area contributed by atoms with E-state index in [0.29, 0.717) is 24.8 Å². The molecular formula is C20H31IN4O4S. The van der Waals surface area contributed by atoms with E-state index in [1.165, 1.54) is 7.05 Å². The van der Waals surface area contributed by atoms with Crippen LogP contribution < -0.4 is 15.4 Å². The first kappa shape index (κ1) is 26.4. The van der Waals surface area contributed by atoms with Gasteiger partial charge in [0.15, 0.2) is 5.96 Å². The van der Waals surface area contributed by atoms with Crippen LogP contribution in [-0.4, -0.2) is 39.6 Å². The van der Waals surface area contributed by atoms with Crippen molar-refractivity contribution in [3.8, 4) is 0 Å². The van der Waals surface area contributed by atoms with Crippen molar-refractivity contribution in [1.29, 1.82) is 0 Å². The minimum atomic E-state index is -3.45. The van der Waals surface area contributed by atoms with Gasteiger partial charge in [-0.05, 0) is 58.5 Å². The van der Waals surface area contributed by atoms with E-state index >= 15 is 0 Å². The lowest BCUT2D eigenvalue weighted by Gasteiger charge is -2.24. The molecule has 0 fully saturated rings. The second-order valence-corrected chi connectivity index (χ2v) is 8.89. The molecule has 1 heterocycles. The molecule has 2 rings (SSSR count). The molecule has 1 atom stereocenters. The summed E-state index contributed by atoms with van der Waals surface area (Å²) in [5, 5.41) is 17.1. The van der Waals surface area contributed by atoms with Gasteiger partial charge in [0.2, 0.25) is 10.0 Å².